The smallest absolute Gasteiger partial charge is 0.385 e. The second-order valence-electron chi connectivity index (χ2n) is 3.16. The van der Waals surface area contributed by atoms with Crippen molar-refractivity contribution >= 4 is 0 Å². The Balaban J connectivity index is 4.07. The number of alkyl halides is 3. The highest BCUT2D eigenvalue weighted by molar-refractivity contribution is 5.03. The van der Waals surface area contributed by atoms with Crippen LogP contribution in [-0.4, -0.2) is 32.0 Å². The van der Waals surface area contributed by atoms with E-state index < -0.39 is 18.3 Å². The quantitative estimate of drug-likeness (QED) is 0.747. The number of nitrogens with zero attached hydrogens (tertiary/aromatic N) is 1. The molecule has 1 unspecified atom stereocenters. The number of rotatable bonds is 5. The van der Waals surface area contributed by atoms with Gasteiger partial charge in [-0.1, -0.05) is 0 Å². The molecule has 0 aliphatic carbocycles. The standard InChI is InChI=1S/C8H13F3N2O/c1-7(5-12,3-4-14-2)13-6-8(9,10)11/h13H,3-4,6H2,1-2H3. The van der Waals surface area contributed by atoms with Gasteiger partial charge in [0.25, 0.3) is 0 Å². The summed E-state index contributed by atoms with van der Waals surface area (Å²) in [6.45, 7) is 0.494. The third kappa shape index (κ3) is 5.78. The van der Waals surface area contributed by atoms with Crippen molar-refractivity contribution in [2.45, 2.75) is 25.1 Å². The van der Waals surface area contributed by atoms with Crippen LogP contribution < -0.4 is 5.32 Å². The molecule has 14 heavy (non-hydrogen) atoms. The Labute approximate surface area is 80.8 Å². The maximum atomic E-state index is 11.8. The van der Waals surface area contributed by atoms with Crippen molar-refractivity contribution in [2.24, 2.45) is 0 Å². The lowest BCUT2D eigenvalue weighted by Crippen LogP contribution is -2.46. The lowest BCUT2D eigenvalue weighted by Gasteiger charge is -2.23. The van der Waals surface area contributed by atoms with Crippen molar-refractivity contribution in [1.29, 1.82) is 5.26 Å². The topological polar surface area (TPSA) is 45.0 Å². The number of nitrogens with one attached hydrogen (secondary N) is 1. The number of nitriles is 1. The number of hydrogen-bond acceptors (Lipinski definition) is 3. The summed E-state index contributed by atoms with van der Waals surface area (Å²) in [5, 5.41) is 10.8. The predicted molar refractivity (Wildman–Crippen MR) is 44.6 cm³/mol. The maximum Gasteiger partial charge on any atom is 0.401 e. The van der Waals surface area contributed by atoms with Gasteiger partial charge in [0.1, 0.15) is 5.54 Å². The lowest BCUT2D eigenvalue weighted by molar-refractivity contribution is -0.127. The van der Waals surface area contributed by atoms with Gasteiger partial charge < -0.3 is 4.74 Å². The summed E-state index contributed by atoms with van der Waals surface area (Å²) in [4.78, 5) is 0. The van der Waals surface area contributed by atoms with Gasteiger partial charge in [-0.2, -0.15) is 18.4 Å². The number of halogens is 3. The van der Waals surface area contributed by atoms with Crippen molar-refractivity contribution in [1.82, 2.24) is 5.32 Å². The van der Waals surface area contributed by atoms with Gasteiger partial charge in [0.2, 0.25) is 0 Å². The summed E-state index contributed by atoms with van der Waals surface area (Å²) in [5.41, 5.74) is -1.19. The molecular formula is C8H13F3N2O. The van der Waals surface area contributed by atoms with Crippen LogP contribution in [0.4, 0.5) is 13.2 Å². The molecule has 0 saturated carbocycles. The van der Waals surface area contributed by atoms with Gasteiger partial charge in [-0.15, -0.1) is 0 Å². The van der Waals surface area contributed by atoms with Crippen molar-refractivity contribution in [2.75, 3.05) is 20.3 Å². The average Bonchev–Trinajstić information content (AvgIpc) is 2.10. The maximum absolute atomic E-state index is 11.8. The van der Waals surface area contributed by atoms with Crippen molar-refractivity contribution in [3.8, 4) is 6.07 Å². The predicted octanol–water partition coefficient (Wildman–Crippen LogP) is 1.46. The molecular weight excluding hydrogens is 197 g/mol. The van der Waals surface area contributed by atoms with Gasteiger partial charge in [-0.3, -0.25) is 5.32 Å². The van der Waals surface area contributed by atoms with Gasteiger partial charge in [-0.25, -0.2) is 0 Å². The van der Waals surface area contributed by atoms with Crippen LogP contribution in [0.1, 0.15) is 13.3 Å². The molecule has 0 rings (SSSR count). The second kappa shape index (κ2) is 5.17. The zero-order chi connectivity index (χ0) is 11.2. The lowest BCUT2D eigenvalue weighted by atomic mass is 10.0. The molecule has 3 nitrogen and oxygen atoms in total. The third-order valence-electron chi connectivity index (χ3n) is 1.73. The highest BCUT2D eigenvalue weighted by atomic mass is 19.4. The molecule has 0 fully saturated rings. The summed E-state index contributed by atoms with van der Waals surface area (Å²) in [6, 6.07) is 1.79. The summed E-state index contributed by atoms with van der Waals surface area (Å²) in [5.74, 6) is 0. The summed E-state index contributed by atoms with van der Waals surface area (Å²) < 4.78 is 40.2. The van der Waals surface area contributed by atoms with Crippen LogP contribution in [0.25, 0.3) is 0 Å². The van der Waals surface area contributed by atoms with E-state index in [9.17, 15) is 13.2 Å². The number of ether oxygens (including phenoxy) is 1. The summed E-state index contributed by atoms with van der Waals surface area (Å²) in [6.07, 6.45) is -4.08. The largest absolute Gasteiger partial charge is 0.401 e. The molecule has 0 heterocycles. The van der Waals surface area contributed by atoms with Crippen molar-refractivity contribution in [3.63, 3.8) is 0 Å². The van der Waals surface area contributed by atoms with Gasteiger partial charge in [-0.05, 0) is 6.92 Å². The SMILES string of the molecule is COCCC(C)(C#N)NCC(F)(F)F. The molecule has 0 aliphatic rings. The first-order valence-corrected chi connectivity index (χ1v) is 4.05. The monoisotopic (exact) mass is 210 g/mol. The first-order valence-electron chi connectivity index (χ1n) is 4.05. The zero-order valence-electron chi connectivity index (χ0n) is 8.11. The number of hydrogen-bond donors (Lipinski definition) is 1. The fourth-order valence-corrected chi connectivity index (χ4v) is 0.785. The molecule has 1 atom stereocenters. The van der Waals surface area contributed by atoms with Crippen LogP contribution in [0.5, 0.6) is 0 Å². The highest BCUT2D eigenvalue weighted by Crippen LogP contribution is 2.16. The normalized spacial score (nSPS) is 16.0. The average molecular weight is 210 g/mol. The molecule has 1 N–H and O–H groups in total. The Morgan fingerprint density at radius 3 is 2.36 bits per heavy atom. The van der Waals surface area contributed by atoms with Crippen LogP contribution in [-0.2, 0) is 4.74 Å². The van der Waals surface area contributed by atoms with Crippen LogP contribution in [0.2, 0.25) is 0 Å². The molecule has 0 amide bonds. The molecule has 0 aromatic carbocycles. The molecule has 82 valence electrons. The molecule has 6 heteroatoms. The van der Waals surface area contributed by atoms with E-state index in [2.05, 4.69) is 5.32 Å². The van der Waals surface area contributed by atoms with Crippen LogP contribution in [0, 0.1) is 11.3 Å². The minimum Gasteiger partial charge on any atom is -0.385 e. The fraction of sp³-hybridized carbons (Fsp3) is 0.875. The van der Waals surface area contributed by atoms with Crippen molar-refractivity contribution in [3.05, 3.63) is 0 Å². The first-order chi connectivity index (χ1) is 6.33. The van der Waals surface area contributed by atoms with Crippen LogP contribution in [0.3, 0.4) is 0 Å². The van der Waals surface area contributed by atoms with E-state index in [1.54, 1.807) is 6.07 Å². The van der Waals surface area contributed by atoms with E-state index >= 15 is 0 Å². The van der Waals surface area contributed by atoms with E-state index in [1.807, 2.05) is 0 Å². The summed E-state index contributed by atoms with van der Waals surface area (Å²) in [7, 11) is 1.43. The van der Waals surface area contributed by atoms with Crippen molar-refractivity contribution < 1.29 is 17.9 Å². The minimum absolute atomic E-state index is 0.218. The second-order valence-corrected chi connectivity index (χ2v) is 3.16. The Bertz CT molecular complexity index is 212. The molecule has 0 spiro atoms. The summed E-state index contributed by atoms with van der Waals surface area (Å²) >= 11 is 0. The fourth-order valence-electron chi connectivity index (χ4n) is 0.785. The minimum atomic E-state index is -4.30. The Morgan fingerprint density at radius 1 is 1.43 bits per heavy atom. The van der Waals surface area contributed by atoms with E-state index in [1.165, 1.54) is 14.0 Å². The number of methoxy groups -OCH3 is 1. The van der Waals surface area contributed by atoms with Gasteiger partial charge in [0.05, 0.1) is 12.6 Å². The van der Waals surface area contributed by atoms with E-state index in [4.69, 9.17) is 10.00 Å². The van der Waals surface area contributed by atoms with Gasteiger partial charge in [0, 0.05) is 20.1 Å². The highest BCUT2D eigenvalue weighted by Gasteiger charge is 2.32. The Hall–Kier alpha value is -0.800. The van der Waals surface area contributed by atoms with Crippen LogP contribution in [0.15, 0.2) is 0 Å². The van der Waals surface area contributed by atoms with Gasteiger partial charge in [0.15, 0.2) is 0 Å². The molecule has 0 aliphatic heterocycles. The Morgan fingerprint density at radius 2 is 2.00 bits per heavy atom. The zero-order valence-corrected chi connectivity index (χ0v) is 8.11. The van der Waals surface area contributed by atoms with E-state index in [-0.39, 0.29) is 13.0 Å². The van der Waals surface area contributed by atoms with Gasteiger partial charge >= 0.3 is 6.18 Å². The molecule has 0 radical (unpaired) electrons. The first kappa shape index (κ1) is 13.2. The van der Waals surface area contributed by atoms with E-state index in [0.717, 1.165) is 0 Å². The molecule has 0 aromatic heterocycles. The third-order valence-corrected chi connectivity index (χ3v) is 1.73. The molecule has 0 bridgehead atoms. The molecule has 0 saturated heterocycles. The Kier molecular flexibility index (Phi) is 4.88. The van der Waals surface area contributed by atoms with E-state index in [0.29, 0.717) is 0 Å². The van der Waals surface area contributed by atoms with Crippen LogP contribution >= 0.6 is 0 Å². The molecule has 0 aromatic rings.